The van der Waals surface area contributed by atoms with Crippen molar-refractivity contribution < 1.29 is 9.53 Å². The topological polar surface area (TPSA) is 41.6 Å². The summed E-state index contributed by atoms with van der Waals surface area (Å²) in [5.41, 5.74) is 0.923. The zero-order chi connectivity index (χ0) is 12.4. The Balaban J connectivity index is 2.09. The summed E-state index contributed by atoms with van der Waals surface area (Å²) < 4.78 is 6.04. The van der Waals surface area contributed by atoms with Crippen molar-refractivity contribution in [2.75, 3.05) is 26.0 Å². The third-order valence-corrected chi connectivity index (χ3v) is 3.54. The number of carbonyl (C=O) groups excluding carboxylic acids is 1. The van der Waals surface area contributed by atoms with Gasteiger partial charge in [-0.3, -0.25) is 4.79 Å². The maximum absolute atomic E-state index is 11.7. The van der Waals surface area contributed by atoms with Crippen LogP contribution < -0.4 is 10.1 Å². The number of hydrogen-bond acceptors (Lipinski definition) is 3. The third-order valence-electron chi connectivity index (χ3n) is 2.92. The molecule has 1 aromatic carbocycles. The average Bonchev–Trinajstić information content (AvgIpc) is 2.61. The molecule has 1 aliphatic heterocycles. The van der Waals surface area contributed by atoms with Gasteiger partial charge in [-0.15, -0.1) is 0 Å². The number of ether oxygens (including phenoxy) is 1. The fourth-order valence-electron chi connectivity index (χ4n) is 1.91. The summed E-state index contributed by atoms with van der Waals surface area (Å²) in [6, 6.07) is 5.59. The second kappa shape index (κ2) is 4.96. The Hall–Kier alpha value is -1.23. The van der Waals surface area contributed by atoms with Crippen LogP contribution >= 0.6 is 15.9 Å². The van der Waals surface area contributed by atoms with Gasteiger partial charge in [0.1, 0.15) is 11.8 Å². The van der Waals surface area contributed by atoms with Crippen LogP contribution in [-0.2, 0) is 4.79 Å². The Morgan fingerprint density at radius 2 is 2.29 bits per heavy atom. The smallest absolute Gasteiger partial charge is 0.244 e. The molecule has 1 heterocycles. The summed E-state index contributed by atoms with van der Waals surface area (Å²) >= 11 is 3.42. The van der Waals surface area contributed by atoms with Gasteiger partial charge in [0.2, 0.25) is 5.91 Å². The van der Waals surface area contributed by atoms with Crippen molar-refractivity contribution in [3.8, 4) is 5.75 Å². The summed E-state index contributed by atoms with van der Waals surface area (Å²) in [4.78, 5) is 13.5. The Morgan fingerprint density at radius 3 is 2.82 bits per heavy atom. The quantitative estimate of drug-likeness (QED) is 0.929. The molecule has 0 bridgehead atoms. The van der Waals surface area contributed by atoms with Crippen molar-refractivity contribution in [3.05, 3.63) is 22.7 Å². The normalized spacial score (nSPS) is 19.6. The highest BCUT2D eigenvalue weighted by Gasteiger charge is 2.28. The summed E-state index contributed by atoms with van der Waals surface area (Å²) in [7, 11) is 3.45. The number of hydrogen-bond donors (Lipinski definition) is 1. The van der Waals surface area contributed by atoms with E-state index in [1.165, 1.54) is 0 Å². The minimum absolute atomic E-state index is 0.111. The number of anilines is 1. The lowest BCUT2D eigenvalue weighted by atomic mass is 10.2. The molecule has 5 heteroatoms. The van der Waals surface area contributed by atoms with Crippen LogP contribution in [0.2, 0.25) is 0 Å². The van der Waals surface area contributed by atoms with Crippen molar-refractivity contribution in [3.63, 3.8) is 0 Å². The van der Waals surface area contributed by atoms with Gasteiger partial charge in [-0.25, -0.2) is 0 Å². The number of nitrogens with zero attached hydrogens (tertiary/aromatic N) is 1. The van der Waals surface area contributed by atoms with E-state index in [2.05, 4.69) is 21.2 Å². The molecule has 1 atom stereocenters. The van der Waals surface area contributed by atoms with Crippen LogP contribution in [0.3, 0.4) is 0 Å². The molecule has 0 saturated carbocycles. The molecule has 0 spiro atoms. The lowest BCUT2D eigenvalue weighted by molar-refractivity contribution is -0.127. The average molecular weight is 299 g/mol. The Kier molecular flexibility index (Phi) is 3.57. The molecule has 1 aliphatic rings. The molecule has 1 amide bonds. The van der Waals surface area contributed by atoms with Crippen LogP contribution in [0.15, 0.2) is 22.7 Å². The molecule has 1 fully saturated rings. The molecule has 2 rings (SSSR count). The van der Waals surface area contributed by atoms with Crippen molar-refractivity contribution in [1.29, 1.82) is 0 Å². The van der Waals surface area contributed by atoms with Gasteiger partial charge in [-0.2, -0.15) is 0 Å². The fourth-order valence-corrected chi connectivity index (χ4v) is 2.45. The molecular weight excluding hydrogens is 284 g/mol. The monoisotopic (exact) mass is 298 g/mol. The number of amides is 1. The van der Waals surface area contributed by atoms with E-state index < -0.39 is 0 Å². The fraction of sp³-hybridized carbons (Fsp3) is 0.417. The summed E-state index contributed by atoms with van der Waals surface area (Å²) in [5, 5.41) is 3.24. The number of benzene rings is 1. The zero-order valence-corrected chi connectivity index (χ0v) is 11.5. The van der Waals surface area contributed by atoms with Crippen molar-refractivity contribution in [1.82, 2.24) is 4.90 Å². The predicted molar refractivity (Wildman–Crippen MR) is 70.4 cm³/mol. The molecule has 1 unspecified atom stereocenters. The van der Waals surface area contributed by atoms with E-state index in [0.717, 1.165) is 28.9 Å². The van der Waals surface area contributed by atoms with Gasteiger partial charge in [0.05, 0.1) is 11.6 Å². The number of likely N-dealkylation sites (tertiary alicyclic amines) is 1. The molecule has 1 N–H and O–H groups in total. The standard InChI is InChI=1S/C12H15BrN2O2/c1-15-6-5-10(12(15)16)14-8-3-4-11(17-2)9(13)7-8/h3-4,7,10,14H,5-6H2,1-2H3. The van der Waals surface area contributed by atoms with Crippen molar-refractivity contribution in [2.45, 2.75) is 12.5 Å². The molecule has 92 valence electrons. The molecule has 0 aromatic heterocycles. The van der Waals surface area contributed by atoms with Gasteiger partial charge in [0.15, 0.2) is 0 Å². The lowest BCUT2D eigenvalue weighted by Gasteiger charge is -2.14. The van der Waals surface area contributed by atoms with E-state index >= 15 is 0 Å². The van der Waals surface area contributed by atoms with Gasteiger partial charge in [0.25, 0.3) is 0 Å². The van der Waals surface area contributed by atoms with E-state index in [1.807, 2.05) is 25.2 Å². The number of carbonyl (C=O) groups is 1. The first kappa shape index (κ1) is 12.2. The molecule has 0 aliphatic carbocycles. The lowest BCUT2D eigenvalue weighted by Crippen LogP contribution is -2.30. The number of methoxy groups -OCH3 is 1. The zero-order valence-electron chi connectivity index (χ0n) is 9.87. The second-order valence-corrected chi connectivity index (χ2v) is 4.95. The highest BCUT2D eigenvalue weighted by atomic mass is 79.9. The van der Waals surface area contributed by atoms with Gasteiger partial charge in [-0.1, -0.05) is 0 Å². The van der Waals surface area contributed by atoms with E-state index in [-0.39, 0.29) is 11.9 Å². The van der Waals surface area contributed by atoms with Crippen molar-refractivity contribution >= 4 is 27.5 Å². The van der Waals surface area contributed by atoms with Gasteiger partial charge >= 0.3 is 0 Å². The van der Waals surface area contributed by atoms with Crippen LogP contribution in [-0.4, -0.2) is 37.6 Å². The number of likely N-dealkylation sites (N-methyl/N-ethyl adjacent to an activating group) is 1. The predicted octanol–water partition coefficient (Wildman–Crippen LogP) is 2.10. The molecular formula is C12H15BrN2O2. The Bertz CT molecular complexity index is 437. The number of nitrogens with one attached hydrogen (secondary N) is 1. The molecule has 1 aromatic rings. The van der Waals surface area contributed by atoms with Gasteiger partial charge in [0, 0.05) is 19.3 Å². The summed E-state index contributed by atoms with van der Waals surface area (Å²) in [6.07, 6.45) is 0.846. The molecule has 17 heavy (non-hydrogen) atoms. The third kappa shape index (κ3) is 2.54. The SMILES string of the molecule is COc1ccc(NC2CCN(C)C2=O)cc1Br. The van der Waals surface area contributed by atoms with Crippen LogP contribution in [0.5, 0.6) is 5.75 Å². The first-order valence-corrected chi connectivity index (χ1v) is 6.26. The molecule has 4 nitrogen and oxygen atoms in total. The number of rotatable bonds is 3. The van der Waals surface area contributed by atoms with Gasteiger partial charge in [-0.05, 0) is 40.5 Å². The van der Waals surface area contributed by atoms with Crippen LogP contribution in [0, 0.1) is 0 Å². The van der Waals surface area contributed by atoms with E-state index in [4.69, 9.17) is 4.74 Å². The summed E-state index contributed by atoms with van der Waals surface area (Å²) in [5.74, 6) is 0.933. The van der Waals surface area contributed by atoms with Gasteiger partial charge < -0.3 is 15.0 Å². The first-order chi connectivity index (χ1) is 8.11. The highest BCUT2D eigenvalue weighted by Crippen LogP contribution is 2.28. The number of halogens is 1. The van der Waals surface area contributed by atoms with E-state index in [1.54, 1.807) is 12.0 Å². The van der Waals surface area contributed by atoms with Crippen molar-refractivity contribution in [2.24, 2.45) is 0 Å². The summed E-state index contributed by atoms with van der Waals surface area (Å²) in [6.45, 7) is 0.813. The Morgan fingerprint density at radius 1 is 1.53 bits per heavy atom. The maximum atomic E-state index is 11.7. The second-order valence-electron chi connectivity index (χ2n) is 4.09. The minimum atomic E-state index is -0.111. The van der Waals surface area contributed by atoms with Crippen LogP contribution in [0.25, 0.3) is 0 Å². The van der Waals surface area contributed by atoms with Crippen LogP contribution in [0.4, 0.5) is 5.69 Å². The Labute approximate surface area is 109 Å². The largest absolute Gasteiger partial charge is 0.496 e. The first-order valence-electron chi connectivity index (χ1n) is 5.47. The molecule has 0 radical (unpaired) electrons. The van der Waals surface area contributed by atoms with E-state index in [9.17, 15) is 4.79 Å². The highest BCUT2D eigenvalue weighted by molar-refractivity contribution is 9.10. The maximum Gasteiger partial charge on any atom is 0.244 e. The minimum Gasteiger partial charge on any atom is -0.496 e. The van der Waals surface area contributed by atoms with Crippen LogP contribution in [0.1, 0.15) is 6.42 Å². The molecule has 1 saturated heterocycles. The van der Waals surface area contributed by atoms with E-state index in [0.29, 0.717) is 0 Å².